The van der Waals surface area contributed by atoms with E-state index in [1.165, 1.54) is 11.3 Å². The second kappa shape index (κ2) is 7.68. The number of anilines is 1. The normalized spacial score (nSPS) is 14.5. The lowest BCUT2D eigenvalue weighted by Gasteiger charge is -2.28. The molecule has 6 heteroatoms. The molecule has 0 aliphatic carbocycles. The van der Waals surface area contributed by atoms with E-state index < -0.39 is 6.10 Å². The van der Waals surface area contributed by atoms with Crippen molar-refractivity contribution < 1.29 is 14.6 Å². The van der Waals surface area contributed by atoms with Gasteiger partial charge >= 0.3 is 0 Å². The molecule has 1 N–H and O–H groups in total. The maximum atomic E-state index is 9.51. The molecule has 1 aromatic heterocycles. The third-order valence-electron chi connectivity index (χ3n) is 2.66. The molecule has 0 aromatic carbocycles. The van der Waals surface area contributed by atoms with Crippen LogP contribution in [0.15, 0.2) is 5.38 Å². The molecular formula is C12H22N2O3S. The molecule has 0 radical (unpaired) electrons. The van der Waals surface area contributed by atoms with Gasteiger partial charge in [-0.25, -0.2) is 4.98 Å². The van der Waals surface area contributed by atoms with Crippen LogP contribution >= 0.6 is 11.3 Å². The summed E-state index contributed by atoms with van der Waals surface area (Å²) in [6, 6.07) is 0.221. The van der Waals surface area contributed by atoms with Crippen LogP contribution in [-0.2, 0) is 9.47 Å². The average molecular weight is 274 g/mol. The first-order valence-electron chi connectivity index (χ1n) is 5.98. The summed E-state index contributed by atoms with van der Waals surface area (Å²) in [4.78, 5) is 6.59. The lowest BCUT2D eigenvalue weighted by Crippen LogP contribution is -2.38. The first kappa shape index (κ1) is 15.4. The molecule has 5 nitrogen and oxygen atoms in total. The van der Waals surface area contributed by atoms with Crippen LogP contribution in [0.4, 0.5) is 5.13 Å². The molecule has 0 fully saturated rings. The van der Waals surface area contributed by atoms with Gasteiger partial charge in [-0.3, -0.25) is 0 Å². The lowest BCUT2D eigenvalue weighted by molar-refractivity contribution is 0.170. The summed E-state index contributed by atoms with van der Waals surface area (Å²) in [7, 11) is 3.37. The molecule has 1 aromatic rings. The van der Waals surface area contributed by atoms with Crippen molar-refractivity contribution in [2.45, 2.75) is 26.0 Å². The molecular weight excluding hydrogens is 252 g/mol. The van der Waals surface area contributed by atoms with Gasteiger partial charge in [0.05, 0.1) is 31.1 Å². The Morgan fingerprint density at radius 2 is 2.11 bits per heavy atom. The van der Waals surface area contributed by atoms with Crippen molar-refractivity contribution >= 4 is 16.5 Å². The number of methoxy groups -OCH3 is 2. The number of aromatic nitrogens is 1. The monoisotopic (exact) mass is 274 g/mol. The van der Waals surface area contributed by atoms with Crippen molar-refractivity contribution in [1.29, 1.82) is 0 Å². The Balaban J connectivity index is 2.79. The fourth-order valence-electron chi connectivity index (χ4n) is 1.63. The van der Waals surface area contributed by atoms with Crippen LogP contribution in [0.25, 0.3) is 0 Å². The summed E-state index contributed by atoms with van der Waals surface area (Å²) in [5.41, 5.74) is 0.710. The summed E-state index contributed by atoms with van der Waals surface area (Å²) in [5.74, 6) is 0. The van der Waals surface area contributed by atoms with Crippen molar-refractivity contribution in [1.82, 2.24) is 4.98 Å². The van der Waals surface area contributed by atoms with Crippen LogP contribution in [0.3, 0.4) is 0 Å². The van der Waals surface area contributed by atoms with E-state index in [4.69, 9.17) is 9.47 Å². The van der Waals surface area contributed by atoms with Crippen molar-refractivity contribution in [3.05, 3.63) is 11.1 Å². The topological polar surface area (TPSA) is 54.8 Å². The van der Waals surface area contributed by atoms with Crippen LogP contribution in [0.2, 0.25) is 0 Å². The van der Waals surface area contributed by atoms with Gasteiger partial charge in [0.15, 0.2) is 5.13 Å². The number of hydrogen-bond acceptors (Lipinski definition) is 6. The molecule has 0 spiro atoms. The number of aliphatic hydroxyl groups is 1. The third kappa shape index (κ3) is 4.20. The fourth-order valence-corrected chi connectivity index (χ4v) is 2.67. The maximum absolute atomic E-state index is 9.51. The van der Waals surface area contributed by atoms with Gasteiger partial charge in [0, 0.05) is 26.1 Å². The number of nitrogens with zero attached hydrogens (tertiary/aromatic N) is 2. The van der Waals surface area contributed by atoms with Crippen molar-refractivity contribution in [3.63, 3.8) is 0 Å². The zero-order valence-electron chi connectivity index (χ0n) is 11.4. The van der Waals surface area contributed by atoms with Crippen LogP contribution in [0, 0.1) is 0 Å². The smallest absolute Gasteiger partial charge is 0.186 e. The predicted octanol–water partition coefficient (Wildman–Crippen LogP) is 1.68. The lowest BCUT2D eigenvalue weighted by atomic mass is 10.3. The molecule has 1 rings (SSSR count). The molecule has 104 valence electrons. The van der Waals surface area contributed by atoms with Crippen molar-refractivity contribution in [2.75, 3.05) is 38.9 Å². The number of rotatable bonds is 8. The molecule has 2 unspecified atom stereocenters. The summed E-state index contributed by atoms with van der Waals surface area (Å²) in [6.45, 7) is 5.83. The van der Waals surface area contributed by atoms with Gasteiger partial charge < -0.3 is 19.5 Å². The van der Waals surface area contributed by atoms with Gasteiger partial charge in [0.25, 0.3) is 0 Å². The Kier molecular flexibility index (Phi) is 6.56. The maximum Gasteiger partial charge on any atom is 0.186 e. The van der Waals surface area contributed by atoms with E-state index in [1.54, 1.807) is 21.1 Å². The van der Waals surface area contributed by atoms with E-state index in [2.05, 4.69) is 16.8 Å². The summed E-state index contributed by atoms with van der Waals surface area (Å²) < 4.78 is 10.3. The minimum absolute atomic E-state index is 0.221. The molecule has 0 amide bonds. The average Bonchev–Trinajstić information content (AvgIpc) is 2.79. The Bertz CT molecular complexity index is 344. The quantitative estimate of drug-likeness (QED) is 0.781. The van der Waals surface area contributed by atoms with E-state index >= 15 is 0 Å². The van der Waals surface area contributed by atoms with Crippen LogP contribution < -0.4 is 4.90 Å². The zero-order valence-corrected chi connectivity index (χ0v) is 12.2. The highest BCUT2D eigenvalue weighted by Crippen LogP contribution is 2.25. The third-order valence-corrected chi connectivity index (χ3v) is 3.56. The minimum atomic E-state index is -0.531. The number of thiazole rings is 1. The van der Waals surface area contributed by atoms with Crippen LogP contribution in [0.5, 0.6) is 0 Å². The molecule has 0 aliphatic rings. The van der Waals surface area contributed by atoms with E-state index in [9.17, 15) is 5.11 Å². The SMILES string of the molecule is COCCN(c1nc(C(C)O)cs1)C(C)COC. The highest BCUT2D eigenvalue weighted by Gasteiger charge is 2.18. The highest BCUT2D eigenvalue weighted by molar-refractivity contribution is 7.13. The Morgan fingerprint density at radius 1 is 1.39 bits per heavy atom. The van der Waals surface area contributed by atoms with Gasteiger partial charge in [0.2, 0.25) is 0 Å². The molecule has 0 bridgehead atoms. The van der Waals surface area contributed by atoms with Gasteiger partial charge in [-0.2, -0.15) is 0 Å². The van der Waals surface area contributed by atoms with Crippen molar-refractivity contribution in [2.24, 2.45) is 0 Å². The minimum Gasteiger partial charge on any atom is -0.387 e. The number of ether oxygens (including phenoxy) is 2. The predicted molar refractivity (Wildman–Crippen MR) is 73.3 cm³/mol. The Morgan fingerprint density at radius 3 is 2.61 bits per heavy atom. The second-order valence-electron chi connectivity index (χ2n) is 4.22. The first-order valence-corrected chi connectivity index (χ1v) is 6.86. The Labute approximate surface area is 112 Å². The standard InChI is InChI=1S/C12H22N2O3S/c1-9(7-17-4)14(5-6-16-3)12-13-11(8-18-12)10(2)15/h8-10,15H,5-7H2,1-4H3. The van der Waals surface area contributed by atoms with E-state index in [0.29, 0.717) is 18.9 Å². The summed E-state index contributed by atoms with van der Waals surface area (Å²) in [6.07, 6.45) is -0.531. The largest absolute Gasteiger partial charge is 0.387 e. The van der Waals surface area contributed by atoms with Gasteiger partial charge in [-0.15, -0.1) is 11.3 Å². The summed E-state index contributed by atoms with van der Waals surface area (Å²) in [5, 5.41) is 12.3. The van der Waals surface area contributed by atoms with Gasteiger partial charge in [-0.1, -0.05) is 0 Å². The zero-order chi connectivity index (χ0) is 13.5. The van der Waals surface area contributed by atoms with E-state index in [1.807, 2.05) is 5.38 Å². The van der Waals surface area contributed by atoms with Crippen LogP contribution in [0.1, 0.15) is 25.6 Å². The molecule has 2 atom stereocenters. The van der Waals surface area contributed by atoms with E-state index in [-0.39, 0.29) is 6.04 Å². The summed E-state index contributed by atoms with van der Waals surface area (Å²) >= 11 is 1.53. The van der Waals surface area contributed by atoms with E-state index in [0.717, 1.165) is 11.7 Å². The highest BCUT2D eigenvalue weighted by atomic mass is 32.1. The Hall–Kier alpha value is -0.690. The van der Waals surface area contributed by atoms with Gasteiger partial charge in [-0.05, 0) is 13.8 Å². The molecule has 0 aliphatic heterocycles. The molecule has 0 saturated heterocycles. The molecule has 1 heterocycles. The first-order chi connectivity index (χ1) is 8.60. The van der Waals surface area contributed by atoms with Crippen molar-refractivity contribution in [3.8, 4) is 0 Å². The van der Waals surface area contributed by atoms with Crippen LogP contribution in [-0.4, -0.2) is 50.1 Å². The molecule has 0 saturated carbocycles. The number of aliphatic hydroxyl groups excluding tert-OH is 1. The fraction of sp³-hybridized carbons (Fsp3) is 0.750. The number of hydrogen-bond donors (Lipinski definition) is 1. The molecule has 18 heavy (non-hydrogen) atoms. The second-order valence-corrected chi connectivity index (χ2v) is 5.06. The van der Waals surface area contributed by atoms with Gasteiger partial charge in [0.1, 0.15) is 0 Å².